The lowest BCUT2D eigenvalue weighted by molar-refractivity contribution is -0.126. The summed E-state index contributed by atoms with van der Waals surface area (Å²) in [5, 5.41) is 2.72. The van der Waals surface area contributed by atoms with Gasteiger partial charge in [-0.3, -0.25) is 4.79 Å². The van der Waals surface area contributed by atoms with E-state index in [1.54, 1.807) is 0 Å². The summed E-state index contributed by atoms with van der Waals surface area (Å²) in [6, 6.07) is 0. The van der Waals surface area contributed by atoms with Gasteiger partial charge in [0.05, 0.1) is 12.7 Å². The second kappa shape index (κ2) is 8.68. The van der Waals surface area contributed by atoms with Gasteiger partial charge in [-0.05, 0) is 19.8 Å². The van der Waals surface area contributed by atoms with Gasteiger partial charge in [-0.15, -0.1) is 0 Å². The molecule has 4 heteroatoms. The third kappa shape index (κ3) is 11.3. The normalized spacial score (nSPS) is 11.1. The third-order valence-corrected chi connectivity index (χ3v) is 1.56. The van der Waals surface area contributed by atoms with Gasteiger partial charge in [0.2, 0.25) is 5.91 Å². The van der Waals surface area contributed by atoms with Crippen LogP contribution in [0.15, 0.2) is 0 Å². The van der Waals surface area contributed by atoms with E-state index in [1.165, 1.54) is 0 Å². The number of carbonyl (C=O) groups is 1. The molecule has 0 aliphatic carbocycles. The van der Waals surface area contributed by atoms with E-state index >= 15 is 0 Å². The molecule has 0 aromatic carbocycles. The maximum Gasteiger partial charge on any atom is 0.246 e. The molecule has 0 spiro atoms. The van der Waals surface area contributed by atoms with Crippen LogP contribution in [0, 0.1) is 5.92 Å². The van der Waals surface area contributed by atoms with Crippen LogP contribution in [0.4, 0.5) is 0 Å². The number of hydrogen-bond acceptors (Lipinski definition) is 3. The van der Waals surface area contributed by atoms with Crippen molar-refractivity contribution < 1.29 is 14.3 Å². The molecule has 0 aliphatic rings. The van der Waals surface area contributed by atoms with Gasteiger partial charge in [0.1, 0.15) is 6.61 Å². The molecule has 90 valence electrons. The number of amides is 1. The largest absolute Gasteiger partial charge is 0.377 e. The van der Waals surface area contributed by atoms with Gasteiger partial charge >= 0.3 is 0 Å². The molecule has 0 rings (SSSR count). The molecule has 0 aliphatic heterocycles. The minimum atomic E-state index is -0.0805. The van der Waals surface area contributed by atoms with Gasteiger partial charge in [-0.25, -0.2) is 0 Å². The van der Waals surface area contributed by atoms with Crippen LogP contribution in [-0.4, -0.2) is 38.4 Å². The Morgan fingerprint density at radius 2 is 1.93 bits per heavy atom. The Hall–Kier alpha value is -0.610. The quantitative estimate of drug-likeness (QED) is 0.621. The van der Waals surface area contributed by atoms with E-state index in [0.29, 0.717) is 25.7 Å². The summed E-state index contributed by atoms with van der Waals surface area (Å²) in [4.78, 5) is 11.2. The fourth-order valence-corrected chi connectivity index (χ4v) is 0.923. The summed E-state index contributed by atoms with van der Waals surface area (Å²) in [6.07, 6.45) is 0.207. The summed E-state index contributed by atoms with van der Waals surface area (Å²) >= 11 is 0. The van der Waals surface area contributed by atoms with Crippen molar-refractivity contribution in [2.24, 2.45) is 5.92 Å². The Kier molecular flexibility index (Phi) is 8.33. The lowest BCUT2D eigenvalue weighted by Gasteiger charge is -2.09. The van der Waals surface area contributed by atoms with Gasteiger partial charge < -0.3 is 14.8 Å². The molecule has 15 heavy (non-hydrogen) atoms. The van der Waals surface area contributed by atoms with Crippen molar-refractivity contribution >= 4 is 5.91 Å². The second-order valence-electron chi connectivity index (χ2n) is 4.18. The van der Waals surface area contributed by atoms with Gasteiger partial charge in [0, 0.05) is 13.2 Å². The molecule has 4 nitrogen and oxygen atoms in total. The summed E-state index contributed by atoms with van der Waals surface area (Å²) in [6.45, 7) is 9.88. The van der Waals surface area contributed by atoms with E-state index in [4.69, 9.17) is 9.47 Å². The highest BCUT2D eigenvalue weighted by Gasteiger charge is 2.01. The van der Waals surface area contributed by atoms with Crippen LogP contribution in [0.1, 0.15) is 27.7 Å². The highest BCUT2D eigenvalue weighted by Crippen LogP contribution is 1.91. The first-order valence-corrected chi connectivity index (χ1v) is 5.48. The highest BCUT2D eigenvalue weighted by atomic mass is 16.5. The van der Waals surface area contributed by atoms with Crippen molar-refractivity contribution in [3.63, 3.8) is 0 Å². The zero-order valence-corrected chi connectivity index (χ0v) is 10.2. The van der Waals surface area contributed by atoms with E-state index < -0.39 is 0 Å². The van der Waals surface area contributed by atoms with Crippen LogP contribution in [0.25, 0.3) is 0 Å². The molecule has 0 unspecified atom stereocenters. The van der Waals surface area contributed by atoms with E-state index in [2.05, 4.69) is 5.32 Å². The third-order valence-electron chi connectivity index (χ3n) is 1.56. The molecular weight excluding hydrogens is 194 g/mol. The fourth-order valence-electron chi connectivity index (χ4n) is 0.923. The van der Waals surface area contributed by atoms with Gasteiger partial charge in [-0.1, -0.05) is 13.8 Å². The van der Waals surface area contributed by atoms with Gasteiger partial charge in [0.25, 0.3) is 0 Å². The summed E-state index contributed by atoms with van der Waals surface area (Å²) in [5.41, 5.74) is 0. The van der Waals surface area contributed by atoms with Crippen LogP contribution in [0.5, 0.6) is 0 Å². The van der Waals surface area contributed by atoms with Gasteiger partial charge in [0.15, 0.2) is 0 Å². The predicted molar refractivity (Wildman–Crippen MR) is 59.8 cm³/mol. The van der Waals surface area contributed by atoms with Crippen LogP contribution in [0.3, 0.4) is 0 Å². The molecule has 0 saturated heterocycles. The molecule has 0 atom stereocenters. The van der Waals surface area contributed by atoms with E-state index in [1.807, 2.05) is 27.7 Å². The summed E-state index contributed by atoms with van der Waals surface area (Å²) in [7, 11) is 0. The number of ether oxygens (including phenoxy) is 2. The number of nitrogens with one attached hydrogen (secondary N) is 1. The number of carbonyl (C=O) groups excluding carboxylic acids is 1. The smallest absolute Gasteiger partial charge is 0.246 e. The maximum absolute atomic E-state index is 11.2. The molecule has 0 radical (unpaired) electrons. The minimum Gasteiger partial charge on any atom is -0.377 e. The monoisotopic (exact) mass is 217 g/mol. The number of hydrogen-bond donors (Lipinski definition) is 1. The zero-order chi connectivity index (χ0) is 11.7. The Morgan fingerprint density at radius 1 is 1.27 bits per heavy atom. The molecule has 0 heterocycles. The fraction of sp³-hybridized carbons (Fsp3) is 0.909. The highest BCUT2D eigenvalue weighted by molar-refractivity contribution is 5.77. The number of rotatable bonds is 8. The zero-order valence-electron chi connectivity index (χ0n) is 10.2. The first-order valence-electron chi connectivity index (χ1n) is 5.48. The molecule has 1 amide bonds. The Morgan fingerprint density at radius 3 is 2.47 bits per heavy atom. The first kappa shape index (κ1) is 14.4. The average Bonchev–Trinajstić information content (AvgIpc) is 2.11. The molecule has 0 aromatic rings. The van der Waals surface area contributed by atoms with Crippen LogP contribution >= 0.6 is 0 Å². The van der Waals surface area contributed by atoms with E-state index in [-0.39, 0.29) is 18.6 Å². The summed E-state index contributed by atoms with van der Waals surface area (Å²) < 4.78 is 10.5. The molecule has 0 bridgehead atoms. The summed E-state index contributed by atoms with van der Waals surface area (Å²) in [5.74, 6) is 0.380. The molecule has 0 aromatic heterocycles. The average molecular weight is 217 g/mol. The van der Waals surface area contributed by atoms with Gasteiger partial charge in [-0.2, -0.15) is 0 Å². The lowest BCUT2D eigenvalue weighted by atomic mass is 10.2. The van der Waals surface area contributed by atoms with Crippen molar-refractivity contribution in [3.8, 4) is 0 Å². The van der Waals surface area contributed by atoms with Crippen molar-refractivity contribution in [2.45, 2.75) is 33.8 Å². The SMILES string of the molecule is CC(C)COCC(=O)NCCOC(C)C. The van der Waals surface area contributed by atoms with E-state index in [9.17, 15) is 4.79 Å². The van der Waals surface area contributed by atoms with Crippen molar-refractivity contribution in [1.29, 1.82) is 0 Å². The van der Waals surface area contributed by atoms with Crippen LogP contribution < -0.4 is 5.32 Å². The van der Waals surface area contributed by atoms with Crippen molar-refractivity contribution in [3.05, 3.63) is 0 Å². The lowest BCUT2D eigenvalue weighted by Crippen LogP contribution is -2.31. The Labute approximate surface area is 92.3 Å². The van der Waals surface area contributed by atoms with Crippen molar-refractivity contribution in [2.75, 3.05) is 26.4 Å². The molecule has 0 saturated carbocycles. The molecular formula is C11H23NO3. The maximum atomic E-state index is 11.2. The standard InChI is InChI=1S/C11H23NO3/c1-9(2)7-14-8-11(13)12-5-6-15-10(3)4/h9-10H,5-8H2,1-4H3,(H,12,13). The van der Waals surface area contributed by atoms with Crippen LogP contribution in [0.2, 0.25) is 0 Å². The topological polar surface area (TPSA) is 47.6 Å². The Balaban J connectivity index is 3.26. The Bertz CT molecular complexity index is 169. The second-order valence-corrected chi connectivity index (χ2v) is 4.18. The van der Waals surface area contributed by atoms with Crippen LogP contribution in [-0.2, 0) is 14.3 Å². The van der Waals surface area contributed by atoms with Crippen molar-refractivity contribution in [1.82, 2.24) is 5.32 Å². The van der Waals surface area contributed by atoms with E-state index in [0.717, 1.165) is 0 Å². The minimum absolute atomic E-state index is 0.0805. The molecule has 0 fully saturated rings. The molecule has 1 N–H and O–H groups in total. The predicted octanol–water partition coefficient (Wildman–Crippen LogP) is 1.20. The first-order chi connectivity index (χ1) is 7.02.